The molecule has 1 N–H and O–H groups in total. The van der Waals surface area contributed by atoms with Crippen LogP contribution in [0.5, 0.6) is 0 Å². The number of anilines is 2. The molecule has 2 bridgehead atoms. The summed E-state index contributed by atoms with van der Waals surface area (Å²) in [5, 5.41) is 11.4. The summed E-state index contributed by atoms with van der Waals surface area (Å²) in [6.45, 7) is 2.98. The number of nitrogens with one attached hydrogen (secondary N) is 1. The van der Waals surface area contributed by atoms with E-state index in [0.29, 0.717) is 11.0 Å². The maximum absolute atomic E-state index is 13.5. The highest BCUT2D eigenvalue weighted by atomic mass is 19.4. The van der Waals surface area contributed by atoms with Gasteiger partial charge >= 0.3 is 18.4 Å². The Hall–Kier alpha value is -4.12. The van der Waals surface area contributed by atoms with Crippen molar-refractivity contribution in [3.8, 4) is 6.07 Å². The number of carbonyl (C=O) groups excluding carboxylic acids is 3. The van der Waals surface area contributed by atoms with E-state index < -0.39 is 76.1 Å². The minimum atomic E-state index is -4.91. The van der Waals surface area contributed by atoms with Gasteiger partial charge in [-0.2, -0.15) is 31.6 Å². The number of ether oxygens (including phenoxy) is 2. The molecule has 0 unspecified atom stereocenters. The second-order valence-corrected chi connectivity index (χ2v) is 10.2. The van der Waals surface area contributed by atoms with E-state index in [1.165, 1.54) is 19.9 Å². The lowest BCUT2D eigenvalue weighted by Gasteiger charge is -2.34. The number of nitrogens with zero attached hydrogens (tertiary/aromatic N) is 2. The Morgan fingerprint density at radius 1 is 1.02 bits per heavy atom. The Balaban J connectivity index is 1.38. The molecular formula is C26H19F6N3O5. The summed E-state index contributed by atoms with van der Waals surface area (Å²) in [6, 6.07) is 7.55. The Morgan fingerprint density at radius 3 is 2.23 bits per heavy atom. The predicted octanol–water partition coefficient (Wildman–Crippen LogP) is 5.27. The fourth-order valence-corrected chi connectivity index (χ4v) is 5.93. The highest BCUT2D eigenvalue weighted by Gasteiger charge is 2.77. The molecule has 3 heterocycles. The number of carbonyl (C=O) groups is 3. The fraction of sp³-hybridized carbons (Fsp3) is 0.385. The van der Waals surface area contributed by atoms with Gasteiger partial charge < -0.3 is 9.47 Å². The van der Waals surface area contributed by atoms with Crippen LogP contribution < -0.4 is 10.2 Å². The first-order valence-corrected chi connectivity index (χ1v) is 11.8. The minimum absolute atomic E-state index is 0.0101. The van der Waals surface area contributed by atoms with E-state index >= 15 is 0 Å². The number of hydrogen-bond donors (Lipinski definition) is 1. The number of hydrogen-bond acceptors (Lipinski definition) is 6. The molecule has 2 aromatic rings. The Kier molecular flexibility index (Phi) is 5.96. The van der Waals surface area contributed by atoms with E-state index in [4.69, 9.17) is 14.7 Å². The Morgan fingerprint density at radius 2 is 1.65 bits per heavy atom. The average Bonchev–Trinajstić information content (AvgIpc) is 3.37. The maximum Gasteiger partial charge on any atom is 0.417 e. The van der Waals surface area contributed by atoms with Crippen molar-refractivity contribution in [1.82, 2.24) is 0 Å². The van der Waals surface area contributed by atoms with E-state index in [1.54, 1.807) is 0 Å². The summed E-state index contributed by atoms with van der Waals surface area (Å²) in [6.07, 6.45) is -11.6. The second kappa shape index (κ2) is 8.69. The van der Waals surface area contributed by atoms with Crippen LogP contribution in [0.4, 0.5) is 42.5 Å². The third-order valence-electron chi connectivity index (χ3n) is 7.66. The number of imide groups is 1. The molecule has 14 heteroatoms. The molecule has 3 aliphatic heterocycles. The highest BCUT2D eigenvalue weighted by Crippen LogP contribution is 2.62. The summed E-state index contributed by atoms with van der Waals surface area (Å²) in [4.78, 5) is 40.1. The van der Waals surface area contributed by atoms with E-state index in [9.17, 15) is 40.7 Å². The van der Waals surface area contributed by atoms with Gasteiger partial charge in [-0.05, 0) is 56.3 Å². The number of rotatable bonds is 3. The number of alkyl halides is 6. The van der Waals surface area contributed by atoms with Crippen molar-refractivity contribution in [2.75, 3.05) is 10.2 Å². The van der Waals surface area contributed by atoms with E-state index in [1.807, 2.05) is 0 Å². The summed E-state index contributed by atoms with van der Waals surface area (Å²) in [5.74, 6) is -3.91. The topological polar surface area (TPSA) is 109 Å². The molecule has 0 aliphatic carbocycles. The van der Waals surface area contributed by atoms with Gasteiger partial charge in [0.15, 0.2) is 0 Å². The lowest BCUT2D eigenvalue weighted by Crippen LogP contribution is -2.51. The molecule has 0 aromatic heterocycles. The van der Waals surface area contributed by atoms with E-state index in [-0.39, 0.29) is 17.8 Å². The molecule has 3 fully saturated rings. The normalized spacial score (nSPS) is 29.4. The number of fused-ring (bicyclic) bond motifs is 5. The minimum Gasteiger partial charge on any atom is -0.443 e. The molecular weight excluding hydrogens is 548 g/mol. The SMILES string of the molecule is C[C@@]12O[C@@](C)(C[C@@H]1OC(=O)Nc1ccc(C(F)(F)F)cc1)[C@@H]1C(=O)N(c3ccc(C#N)c(C(F)(F)F)c3)C(=O)[C@@H]12. The first-order chi connectivity index (χ1) is 18.5. The average molecular weight is 567 g/mol. The van der Waals surface area contributed by atoms with E-state index in [0.717, 1.165) is 36.4 Å². The summed E-state index contributed by atoms with van der Waals surface area (Å²) in [7, 11) is 0. The van der Waals surface area contributed by atoms with Crippen LogP contribution >= 0.6 is 0 Å². The van der Waals surface area contributed by atoms with E-state index in [2.05, 4.69) is 5.32 Å². The number of benzene rings is 2. The van der Waals surface area contributed by atoms with Crippen molar-refractivity contribution < 1.29 is 50.2 Å². The molecule has 2 aromatic carbocycles. The van der Waals surface area contributed by atoms with Gasteiger partial charge in [0, 0.05) is 12.1 Å². The first-order valence-electron chi connectivity index (χ1n) is 11.8. The van der Waals surface area contributed by atoms with Crippen molar-refractivity contribution in [1.29, 1.82) is 5.26 Å². The van der Waals surface area contributed by atoms with Crippen molar-refractivity contribution in [3.05, 3.63) is 59.2 Å². The van der Waals surface area contributed by atoms with Crippen LogP contribution in [0, 0.1) is 23.2 Å². The van der Waals surface area contributed by atoms with Crippen LogP contribution in [0.15, 0.2) is 42.5 Å². The fourth-order valence-electron chi connectivity index (χ4n) is 5.93. The van der Waals surface area contributed by atoms with Crippen LogP contribution in [0.25, 0.3) is 0 Å². The molecule has 3 aliphatic rings. The smallest absolute Gasteiger partial charge is 0.417 e. The van der Waals surface area contributed by atoms with Crippen LogP contribution in [0.3, 0.4) is 0 Å². The second-order valence-electron chi connectivity index (χ2n) is 10.2. The standard InChI is InChI=1S/C26H19F6N3O5/c1-23-10-17(39-22(38)34-14-6-4-13(5-7-14)25(27,28)29)24(2,40-23)19-18(23)20(36)35(21(19)37)15-8-3-12(11-33)16(9-15)26(30,31)32/h3-9,17-19H,10H2,1-2H3,(H,34,38)/t17-,18-,19+,23-,24+/m0/s1. The lowest BCUT2D eigenvalue weighted by molar-refractivity contribution is -0.138. The maximum atomic E-state index is 13.5. The zero-order valence-corrected chi connectivity index (χ0v) is 20.7. The van der Waals surface area contributed by atoms with Gasteiger partial charge in [0.2, 0.25) is 11.8 Å². The van der Waals surface area contributed by atoms with Crippen molar-refractivity contribution >= 4 is 29.3 Å². The molecule has 0 radical (unpaired) electrons. The number of amides is 3. The molecule has 0 spiro atoms. The molecule has 5 rings (SSSR count). The third kappa shape index (κ3) is 4.16. The molecule has 3 amide bonds. The monoisotopic (exact) mass is 567 g/mol. The molecule has 8 nitrogen and oxygen atoms in total. The van der Waals surface area contributed by atoms with Crippen LogP contribution in [0.1, 0.15) is 37.0 Å². The molecule has 3 saturated heterocycles. The highest BCUT2D eigenvalue weighted by molar-refractivity contribution is 6.23. The summed E-state index contributed by atoms with van der Waals surface area (Å²) in [5.41, 5.74) is -6.08. The van der Waals surface area contributed by atoms with Gasteiger partial charge in [-0.3, -0.25) is 14.9 Å². The zero-order valence-electron chi connectivity index (χ0n) is 20.7. The van der Waals surface area contributed by atoms with Gasteiger partial charge in [0.25, 0.3) is 0 Å². The third-order valence-corrected chi connectivity index (χ3v) is 7.66. The zero-order chi connectivity index (χ0) is 29.4. The van der Waals surface area contributed by atoms with Crippen LogP contribution in [-0.4, -0.2) is 35.2 Å². The van der Waals surface area contributed by atoms with Crippen LogP contribution in [0.2, 0.25) is 0 Å². The Labute approximate surface area is 222 Å². The van der Waals surface area contributed by atoms with Gasteiger partial charge in [-0.1, -0.05) is 0 Å². The van der Waals surface area contributed by atoms with Crippen LogP contribution in [-0.2, 0) is 31.4 Å². The van der Waals surface area contributed by atoms with Gasteiger partial charge in [-0.15, -0.1) is 0 Å². The predicted molar refractivity (Wildman–Crippen MR) is 123 cm³/mol. The lowest BCUT2D eigenvalue weighted by atomic mass is 9.67. The summed E-state index contributed by atoms with van der Waals surface area (Å²) >= 11 is 0. The summed E-state index contributed by atoms with van der Waals surface area (Å²) < 4.78 is 90.4. The molecule has 40 heavy (non-hydrogen) atoms. The van der Waals surface area contributed by atoms with Crippen molar-refractivity contribution in [2.24, 2.45) is 11.8 Å². The number of halogens is 6. The molecule has 0 saturated carbocycles. The first kappa shape index (κ1) is 27.4. The van der Waals surface area contributed by atoms with Crippen molar-refractivity contribution in [3.63, 3.8) is 0 Å². The quantitative estimate of drug-likeness (QED) is 0.400. The van der Waals surface area contributed by atoms with Gasteiger partial charge in [0.1, 0.15) is 11.7 Å². The van der Waals surface area contributed by atoms with Gasteiger partial charge in [0.05, 0.1) is 45.9 Å². The Bertz CT molecular complexity index is 1470. The van der Waals surface area contributed by atoms with Crippen molar-refractivity contribution in [2.45, 2.75) is 49.9 Å². The largest absolute Gasteiger partial charge is 0.443 e. The molecule has 5 atom stereocenters. The number of nitriles is 1. The molecule has 210 valence electrons. The van der Waals surface area contributed by atoms with Gasteiger partial charge in [-0.25, -0.2) is 9.69 Å².